The molecule has 0 aromatic heterocycles. The zero-order valence-corrected chi connectivity index (χ0v) is 12.4. The second kappa shape index (κ2) is 5.33. The molecule has 2 aliphatic heterocycles. The Morgan fingerprint density at radius 3 is 2.95 bits per heavy atom. The fraction of sp³-hybridized carbons (Fsp3) is 0.357. The van der Waals surface area contributed by atoms with Crippen molar-refractivity contribution in [1.82, 2.24) is 5.32 Å². The van der Waals surface area contributed by atoms with Gasteiger partial charge in [-0.05, 0) is 36.8 Å². The third-order valence-corrected chi connectivity index (χ3v) is 3.76. The summed E-state index contributed by atoms with van der Waals surface area (Å²) in [6.07, 6.45) is 0. The minimum Gasteiger partial charge on any atom is -0.468 e. The fourth-order valence-electron chi connectivity index (χ4n) is 2.54. The molecule has 2 heterocycles. The van der Waals surface area contributed by atoms with Crippen molar-refractivity contribution >= 4 is 29.0 Å². The zero-order valence-electron chi connectivity index (χ0n) is 11.6. The van der Waals surface area contributed by atoms with Crippen LogP contribution in [0, 0.1) is 5.92 Å². The summed E-state index contributed by atoms with van der Waals surface area (Å²) in [6.45, 7) is 1.98. The number of methoxy groups -OCH3 is 1. The lowest BCUT2D eigenvalue weighted by Crippen LogP contribution is -2.43. The van der Waals surface area contributed by atoms with Crippen LogP contribution in [0.5, 0.6) is 11.5 Å². The van der Waals surface area contributed by atoms with Crippen LogP contribution in [0.4, 0.5) is 0 Å². The molecule has 3 rings (SSSR count). The lowest BCUT2D eigenvalue weighted by molar-refractivity contribution is -0.143. The highest BCUT2D eigenvalue weighted by Crippen LogP contribution is 2.37. The van der Waals surface area contributed by atoms with Crippen LogP contribution in [-0.2, 0) is 9.53 Å². The molecule has 2 unspecified atom stereocenters. The Kier molecular flexibility index (Phi) is 3.50. The maximum Gasteiger partial charge on any atom is 0.316 e. The normalized spacial score (nSPS) is 23.3. The Balaban J connectivity index is 2.00. The lowest BCUT2D eigenvalue weighted by Gasteiger charge is -2.30. The molecule has 0 fully saturated rings. The largest absolute Gasteiger partial charge is 0.468 e. The monoisotopic (exact) mass is 306 g/mol. The van der Waals surface area contributed by atoms with E-state index in [1.54, 1.807) is 6.92 Å². The van der Waals surface area contributed by atoms with Crippen LogP contribution in [0.2, 0.25) is 0 Å². The SMILES string of the molecule is COC(=O)C1C(C)=NC(=S)NC1c1ccc2c(c1)OCO2. The molecule has 21 heavy (non-hydrogen) atoms. The molecule has 0 saturated heterocycles. The summed E-state index contributed by atoms with van der Waals surface area (Å²) in [6, 6.07) is 5.20. The summed E-state index contributed by atoms with van der Waals surface area (Å²) < 4.78 is 15.6. The first-order valence-corrected chi connectivity index (χ1v) is 6.84. The van der Waals surface area contributed by atoms with E-state index < -0.39 is 5.92 Å². The first kappa shape index (κ1) is 13.8. The second-order valence-corrected chi connectivity index (χ2v) is 5.18. The van der Waals surface area contributed by atoms with E-state index in [1.807, 2.05) is 18.2 Å². The van der Waals surface area contributed by atoms with Gasteiger partial charge < -0.3 is 19.5 Å². The number of carbonyl (C=O) groups is 1. The number of benzene rings is 1. The number of carbonyl (C=O) groups excluding carboxylic acids is 1. The summed E-state index contributed by atoms with van der Waals surface area (Å²) in [7, 11) is 1.36. The van der Waals surface area contributed by atoms with Crippen LogP contribution < -0.4 is 14.8 Å². The lowest BCUT2D eigenvalue weighted by atomic mass is 9.88. The van der Waals surface area contributed by atoms with Crippen molar-refractivity contribution in [2.45, 2.75) is 13.0 Å². The van der Waals surface area contributed by atoms with Gasteiger partial charge in [0.1, 0.15) is 5.92 Å². The number of hydrogen-bond acceptors (Lipinski definition) is 5. The summed E-state index contributed by atoms with van der Waals surface area (Å²) in [5, 5.41) is 3.42. The molecule has 1 aromatic rings. The van der Waals surface area contributed by atoms with E-state index in [0.29, 0.717) is 22.3 Å². The second-order valence-electron chi connectivity index (χ2n) is 4.79. The van der Waals surface area contributed by atoms with Gasteiger partial charge in [0.2, 0.25) is 6.79 Å². The number of rotatable bonds is 2. The van der Waals surface area contributed by atoms with E-state index in [0.717, 1.165) is 5.56 Å². The molecule has 1 N–H and O–H groups in total. The number of nitrogens with one attached hydrogen (secondary N) is 1. The van der Waals surface area contributed by atoms with Crippen LogP contribution in [0.1, 0.15) is 18.5 Å². The van der Waals surface area contributed by atoms with E-state index in [9.17, 15) is 4.79 Å². The molecule has 0 saturated carbocycles. The molecule has 0 aliphatic carbocycles. The maximum atomic E-state index is 12.1. The number of nitrogens with zero attached hydrogens (tertiary/aromatic N) is 1. The van der Waals surface area contributed by atoms with Gasteiger partial charge in [-0.25, -0.2) is 4.99 Å². The zero-order chi connectivity index (χ0) is 15.0. The maximum absolute atomic E-state index is 12.1. The minimum absolute atomic E-state index is 0.205. The molecule has 0 radical (unpaired) electrons. The van der Waals surface area contributed by atoms with E-state index in [2.05, 4.69) is 10.3 Å². The van der Waals surface area contributed by atoms with Crippen LogP contribution in [0.15, 0.2) is 23.2 Å². The average molecular weight is 306 g/mol. The highest BCUT2D eigenvalue weighted by atomic mass is 32.1. The van der Waals surface area contributed by atoms with Gasteiger partial charge in [-0.3, -0.25) is 4.79 Å². The molecule has 6 nitrogen and oxygen atoms in total. The Morgan fingerprint density at radius 2 is 2.19 bits per heavy atom. The summed E-state index contributed by atoms with van der Waals surface area (Å²) in [5.41, 5.74) is 1.50. The molecular weight excluding hydrogens is 292 g/mol. The molecule has 1 aromatic carbocycles. The first-order chi connectivity index (χ1) is 10.1. The smallest absolute Gasteiger partial charge is 0.316 e. The van der Waals surface area contributed by atoms with E-state index in [4.69, 9.17) is 26.4 Å². The molecule has 0 spiro atoms. The van der Waals surface area contributed by atoms with Crippen LogP contribution in [0.25, 0.3) is 0 Å². The number of hydrogen-bond donors (Lipinski definition) is 1. The molecule has 110 valence electrons. The summed E-state index contributed by atoms with van der Waals surface area (Å²) in [5.74, 6) is 0.470. The Bertz CT molecular complexity index is 644. The van der Waals surface area contributed by atoms with Crippen LogP contribution in [-0.4, -0.2) is 30.7 Å². The minimum atomic E-state index is -0.526. The van der Waals surface area contributed by atoms with E-state index in [-0.39, 0.29) is 18.8 Å². The Labute approximate surface area is 127 Å². The van der Waals surface area contributed by atoms with Gasteiger partial charge in [-0.1, -0.05) is 6.07 Å². The standard InChI is InChI=1S/C14H14N2O4S/c1-7-11(13(17)18-2)12(16-14(21)15-7)8-3-4-9-10(5-8)20-6-19-9/h3-5,11-12H,6H2,1-2H3,(H,16,21). The van der Waals surface area contributed by atoms with E-state index in [1.165, 1.54) is 7.11 Å². The third kappa shape index (κ3) is 2.44. The summed E-state index contributed by atoms with van der Waals surface area (Å²) in [4.78, 5) is 16.2. The number of thiocarbonyl (C=S) groups is 1. The average Bonchev–Trinajstić information content (AvgIpc) is 2.93. The van der Waals surface area contributed by atoms with Crippen LogP contribution in [0.3, 0.4) is 0 Å². The first-order valence-electron chi connectivity index (χ1n) is 6.43. The molecule has 7 heteroatoms. The Morgan fingerprint density at radius 1 is 1.43 bits per heavy atom. The van der Waals surface area contributed by atoms with Gasteiger partial charge in [0.15, 0.2) is 16.6 Å². The number of esters is 1. The number of aliphatic imine (C=N–C) groups is 1. The predicted octanol–water partition coefficient (Wildman–Crippen LogP) is 1.59. The van der Waals surface area contributed by atoms with Crippen molar-refractivity contribution < 1.29 is 19.0 Å². The van der Waals surface area contributed by atoms with Gasteiger partial charge in [0.25, 0.3) is 0 Å². The van der Waals surface area contributed by atoms with Crippen molar-refractivity contribution in [3.8, 4) is 11.5 Å². The number of fused-ring (bicyclic) bond motifs is 1. The quantitative estimate of drug-likeness (QED) is 0.661. The van der Waals surface area contributed by atoms with Crippen molar-refractivity contribution in [2.75, 3.05) is 13.9 Å². The third-order valence-electron chi connectivity index (χ3n) is 3.55. The number of ether oxygens (including phenoxy) is 3. The molecule has 2 atom stereocenters. The van der Waals surface area contributed by atoms with Crippen molar-refractivity contribution in [1.29, 1.82) is 0 Å². The van der Waals surface area contributed by atoms with Gasteiger partial charge in [-0.15, -0.1) is 0 Å². The van der Waals surface area contributed by atoms with E-state index >= 15 is 0 Å². The molecule has 0 amide bonds. The van der Waals surface area contributed by atoms with Gasteiger partial charge in [0, 0.05) is 5.71 Å². The molecule has 0 bridgehead atoms. The fourth-order valence-corrected chi connectivity index (χ4v) is 2.81. The molecule has 2 aliphatic rings. The topological polar surface area (TPSA) is 69.2 Å². The summed E-state index contributed by atoms with van der Waals surface area (Å²) >= 11 is 5.13. The van der Waals surface area contributed by atoms with Crippen LogP contribution >= 0.6 is 12.2 Å². The van der Waals surface area contributed by atoms with Gasteiger partial charge in [0.05, 0.1) is 13.2 Å². The Hall–Kier alpha value is -2.15. The van der Waals surface area contributed by atoms with Crippen molar-refractivity contribution in [3.63, 3.8) is 0 Å². The van der Waals surface area contributed by atoms with Crippen molar-refractivity contribution in [3.05, 3.63) is 23.8 Å². The van der Waals surface area contributed by atoms with Gasteiger partial charge in [-0.2, -0.15) is 0 Å². The highest BCUT2D eigenvalue weighted by molar-refractivity contribution is 7.80. The highest BCUT2D eigenvalue weighted by Gasteiger charge is 2.37. The van der Waals surface area contributed by atoms with Gasteiger partial charge >= 0.3 is 5.97 Å². The van der Waals surface area contributed by atoms with Crippen molar-refractivity contribution in [2.24, 2.45) is 10.9 Å². The predicted molar refractivity (Wildman–Crippen MR) is 79.7 cm³/mol. The molecular formula is C14H14N2O4S.